The minimum Gasteiger partial charge on any atom is -0.478 e. The average Bonchev–Trinajstić information content (AvgIpc) is 2.59. The van der Waals surface area contributed by atoms with Crippen molar-refractivity contribution in [3.63, 3.8) is 0 Å². The Labute approximate surface area is 142 Å². The van der Waals surface area contributed by atoms with Gasteiger partial charge in [-0.2, -0.15) is 0 Å². The standard InChI is InChI=1S/C19H14F2N2O2/c20-15-6-4-12(9-16(15)21)11-2-1-3-14(8-11)23-18-10-13(19(24)25)5-7-17(18)22/h1-10,23H,22H2,(H,24,25). The summed E-state index contributed by atoms with van der Waals surface area (Å²) in [5.41, 5.74) is 8.66. The highest BCUT2D eigenvalue weighted by Gasteiger charge is 2.08. The molecule has 3 rings (SSSR count). The maximum absolute atomic E-state index is 13.4. The van der Waals surface area contributed by atoms with Crippen LogP contribution in [-0.2, 0) is 0 Å². The van der Waals surface area contributed by atoms with Gasteiger partial charge >= 0.3 is 5.97 Å². The van der Waals surface area contributed by atoms with Gasteiger partial charge in [-0.3, -0.25) is 0 Å². The number of benzene rings is 3. The lowest BCUT2D eigenvalue weighted by molar-refractivity contribution is 0.0697. The molecule has 0 fully saturated rings. The van der Waals surface area contributed by atoms with E-state index >= 15 is 0 Å². The van der Waals surface area contributed by atoms with E-state index in [-0.39, 0.29) is 5.56 Å². The first-order chi connectivity index (χ1) is 11.9. The Balaban J connectivity index is 1.93. The molecule has 0 heterocycles. The lowest BCUT2D eigenvalue weighted by atomic mass is 10.0. The summed E-state index contributed by atoms with van der Waals surface area (Å²) < 4.78 is 26.5. The Bertz CT molecular complexity index is 958. The zero-order valence-corrected chi connectivity index (χ0v) is 13.0. The lowest BCUT2D eigenvalue weighted by Gasteiger charge is -2.12. The molecule has 4 N–H and O–H groups in total. The van der Waals surface area contributed by atoms with Crippen LogP contribution in [-0.4, -0.2) is 11.1 Å². The van der Waals surface area contributed by atoms with Crippen molar-refractivity contribution >= 4 is 23.0 Å². The molecule has 0 saturated carbocycles. The molecule has 25 heavy (non-hydrogen) atoms. The van der Waals surface area contributed by atoms with Crippen LogP contribution >= 0.6 is 0 Å². The number of hydrogen-bond acceptors (Lipinski definition) is 3. The van der Waals surface area contributed by atoms with Crippen LogP contribution in [0.1, 0.15) is 10.4 Å². The summed E-state index contributed by atoms with van der Waals surface area (Å²) >= 11 is 0. The summed E-state index contributed by atoms with van der Waals surface area (Å²) in [6.45, 7) is 0. The predicted octanol–water partition coefficient (Wildman–Crippen LogP) is 4.66. The molecule has 126 valence electrons. The third kappa shape index (κ3) is 3.58. The number of nitrogens with one attached hydrogen (secondary N) is 1. The number of rotatable bonds is 4. The van der Waals surface area contributed by atoms with E-state index in [9.17, 15) is 13.6 Å². The minimum atomic E-state index is -1.06. The molecule has 0 unspecified atom stereocenters. The monoisotopic (exact) mass is 340 g/mol. The number of halogens is 2. The fourth-order valence-corrected chi connectivity index (χ4v) is 2.41. The van der Waals surface area contributed by atoms with Gasteiger partial charge in [0, 0.05) is 5.69 Å². The lowest BCUT2D eigenvalue weighted by Crippen LogP contribution is -2.01. The van der Waals surface area contributed by atoms with E-state index < -0.39 is 17.6 Å². The molecule has 3 aromatic carbocycles. The van der Waals surface area contributed by atoms with E-state index in [1.54, 1.807) is 24.3 Å². The smallest absolute Gasteiger partial charge is 0.335 e. The summed E-state index contributed by atoms with van der Waals surface area (Å²) in [5.74, 6) is -2.89. The number of nitrogen functional groups attached to an aromatic ring is 1. The number of aromatic carboxylic acids is 1. The highest BCUT2D eigenvalue weighted by molar-refractivity contribution is 5.91. The molecule has 0 aliphatic rings. The van der Waals surface area contributed by atoms with Crippen LogP contribution in [0.15, 0.2) is 60.7 Å². The van der Waals surface area contributed by atoms with Crippen LogP contribution in [0, 0.1) is 11.6 Å². The molecule has 0 amide bonds. The fourth-order valence-electron chi connectivity index (χ4n) is 2.41. The van der Waals surface area contributed by atoms with Gasteiger partial charge < -0.3 is 16.2 Å². The highest BCUT2D eigenvalue weighted by Crippen LogP contribution is 2.28. The minimum absolute atomic E-state index is 0.105. The Hall–Kier alpha value is -3.41. The van der Waals surface area contributed by atoms with Crippen LogP contribution in [0.2, 0.25) is 0 Å². The first-order valence-electron chi connectivity index (χ1n) is 7.39. The summed E-state index contributed by atoms with van der Waals surface area (Å²) in [5, 5.41) is 12.1. The van der Waals surface area contributed by atoms with Gasteiger partial charge in [0.25, 0.3) is 0 Å². The number of anilines is 3. The molecule has 0 atom stereocenters. The first kappa shape index (κ1) is 16.4. The fraction of sp³-hybridized carbons (Fsp3) is 0. The van der Waals surface area contributed by atoms with Gasteiger partial charge in [0.05, 0.1) is 16.9 Å². The van der Waals surface area contributed by atoms with Gasteiger partial charge in [0.2, 0.25) is 0 Å². The number of carboxylic acids is 1. The van der Waals surface area contributed by atoms with Crippen molar-refractivity contribution in [2.24, 2.45) is 0 Å². The van der Waals surface area contributed by atoms with E-state index in [0.29, 0.717) is 28.2 Å². The van der Waals surface area contributed by atoms with Gasteiger partial charge in [-0.05, 0) is 53.6 Å². The maximum Gasteiger partial charge on any atom is 0.335 e. The summed E-state index contributed by atoms with van der Waals surface area (Å²) in [6, 6.07) is 15.0. The molecule has 0 saturated heterocycles. The molecule has 0 aliphatic carbocycles. The summed E-state index contributed by atoms with van der Waals surface area (Å²) in [7, 11) is 0. The van der Waals surface area contributed by atoms with Crippen LogP contribution in [0.25, 0.3) is 11.1 Å². The molecular weight excluding hydrogens is 326 g/mol. The van der Waals surface area contributed by atoms with Gasteiger partial charge in [0.1, 0.15) is 0 Å². The van der Waals surface area contributed by atoms with Crippen LogP contribution in [0.4, 0.5) is 25.8 Å². The van der Waals surface area contributed by atoms with Crippen LogP contribution < -0.4 is 11.1 Å². The normalized spacial score (nSPS) is 10.5. The van der Waals surface area contributed by atoms with Gasteiger partial charge in [-0.25, -0.2) is 13.6 Å². The number of carbonyl (C=O) groups is 1. The topological polar surface area (TPSA) is 75.4 Å². The predicted molar refractivity (Wildman–Crippen MR) is 92.9 cm³/mol. The van der Waals surface area contributed by atoms with Crippen LogP contribution in [0.5, 0.6) is 0 Å². The SMILES string of the molecule is Nc1ccc(C(=O)O)cc1Nc1cccc(-c2ccc(F)c(F)c2)c1. The molecule has 0 aliphatic heterocycles. The second-order valence-corrected chi connectivity index (χ2v) is 5.44. The second-order valence-electron chi connectivity index (χ2n) is 5.44. The molecule has 3 aromatic rings. The Morgan fingerprint density at radius 3 is 2.40 bits per heavy atom. The van der Waals surface area contributed by atoms with Crippen molar-refractivity contribution in [3.8, 4) is 11.1 Å². The Morgan fingerprint density at radius 1 is 0.920 bits per heavy atom. The number of nitrogens with two attached hydrogens (primary N) is 1. The third-order valence-corrected chi connectivity index (χ3v) is 3.69. The Morgan fingerprint density at radius 2 is 1.68 bits per heavy atom. The second kappa shape index (κ2) is 6.60. The van der Waals surface area contributed by atoms with Crippen molar-refractivity contribution in [1.82, 2.24) is 0 Å². The van der Waals surface area contributed by atoms with Crippen molar-refractivity contribution in [2.45, 2.75) is 0 Å². The van der Waals surface area contributed by atoms with Crippen molar-refractivity contribution in [1.29, 1.82) is 0 Å². The Kier molecular flexibility index (Phi) is 4.35. The first-order valence-corrected chi connectivity index (χ1v) is 7.39. The third-order valence-electron chi connectivity index (χ3n) is 3.69. The van der Waals surface area contributed by atoms with E-state index in [1.165, 1.54) is 24.3 Å². The molecule has 6 heteroatoms. The highest BCUT2D eigenvalue weighted by atomic mass is 19.2. The molecule has 4 nitrogen and oxygen atoms in total. The van der Waals surface area contributed by atoms with Gasteiger partial charge in [-0.1, -0.05) is 18.2 Å². The van der Waals surface area contributed by atoms with Gasteiger partial charge in [0.15, 0.2) is 11.6 Å². The number of carboxylic acid groups (broad SMARTS) is 1. The van der Waals surface area contributed by atoms with E-state index in [4.69, 9.17) is 10.8 Å². The van der Waals surface area contributed by atoms with Crippen LogP contribution in [0.3, 0.4) is 0 Å². The van der Waals surface area contributed by atoms with Gasteiger partial charge in [-0.15, -0.1) is 0 Å². The molecule has 0 spiro atoms. The largest absolute Gasteiger partial charge is 0.478 e. The quantitative estimate of drug-likeness (QED) is 0.604. The molecule has 0 aromatic heterocycles. The van der Waals surface area contributed by atoms with Crippen molar-refractivity contribution in [2.75, 3.05) is 11.1 Å². The number of hydrogen-bond donors (Lipinski definition) is 3. The summed E-state index contributed by atoms with van der Waals surface area (Å²) in [6.07, 6.45) is 0. The van der Waals surface area contributed by atoms with Crippen molar-refractivity contribution < 1.29 is 18.7 Å². The molecule has 0 radical (unpaired) electrons. The van der Waals surface area contributed by atoms with E-state index in [1.807, 2.05) is 0 Å². The van der Waals surface area contributed by atoms with E-state index in [2.05, 4.69) is 5.32 Å². The summed E-state index contributed by atoms with van der Waals surface area (Å²) in [4.78, 5) is 11.1. The zero-order chi connectivity index (χ0) is 18.0. The average molecular weight is 340 g/mol. The van der Waals surface area contributed by atoms with E-state index in [0.717, 1.165) is 12.1 Å². The molecule has 0 bridgehead atoms. The molecular formula is C19H14F2N2O2. The maximum atomic E-state index is 13.4. The zero-order valence-electron chi connectivity index (χ0n) is 13.0. The van der Waals surface area contributed by atoms with Crippen molar-refractivity contribution in [3.05, 3.63) is 77.9 Å².